The molecular formula is C4H5F3N4. The van der Waals surface area contributed by atoms with E-state index in [-0.39, 0.29) is 10.4 Å². The molecule has 1 aromatic rings. The Morgan fingerprint density at radius 1 is 1.36 bits per heavy atom. The third kappa shape index (κ3) is 1.26. The predicted molar refractivity (Wildman–Crippen MR) is 30.5 cm³/mol. The summed E-state index contributed by atoms with van der Waals surface area (Å²) in [5.74, 6) is -0.912. The van der Waals surface area contributed by atoms with Crippen molar-refractivity contribution in [3.63, 3.8) is 0 Å². The van der Waals surface area contributed by atoms with Gasteiger partial charge < -0.3 is 5.73 Å². The van der Waals surface area contributed by atoms with Crippen molar-refractivity contribution in [1.29, 1.82) is 0 Å². The fourth-order valence-electron chi connectivity index (χ4n) is 0.692. The zero-order chi connectivity index (χ0) is 8.65. The van der Waals surface area contributed by atoms with Crippen molar-refractivity contribution in [2.75, 3.05) is 5.73 Å². The summed E-state index contributed by atoms with van der Waals surface area (Å²) in [4.78, 5) is 0. The van der Waals surface area contributed by atoms with Gasteiger partial charge in [0.25, 0.3) is 0 Å². The molecule has 7 heteroatoms. The number of aromatic nitrogens is 3. The Balaban J connectivity index is 3.21. The summed E-state index contributed by atoms with van der Waals surface area (Å²) in [7, 11) is 0. The summed E-state index contributed by atoms with van der Waals surface area (Å²) >= 11 is 0. The second-order valence-electron chi connectivity index (χ2n) is 1.91. The Hall–Kier alpha value is -1.27. The first-order valence-corrected chi connectivity index (χ1v) is 2.67. The average Bonchev–Trinajstić information content (AvgIpc) is 2.08. The highest BCUT2D eigenvalue weighted by Crippen LogP contribution is 2.25. The standard InChI is InChI=1S/C4H5F3N4/c1-2-9-10-3(8)11(2)4(5,6)7/h1H3,(H2,8,10). The van der Waals surface area contributed by atoms with E-state index in [1.807, 2.05) is 0 Å². The maximum absolute atomic E-state index is 11.9. The number of halogens is 3. The van der Waals surface area contributed by atoms with E-state index in [2.05, 4.69) is 10.2 Å². The van der Waals surface area contributed by atoms with E-state index in [1.165, 1.54) is 6.92 Å². The molecule has 0 aliphatic rings. The number of aryl methyl sites for hydroxylation is 1. The molecular weight excluding hydrogens is 161 g/mol. The number of rotatable bonds is 0. The van der Waals surface area contributed by atoms with Gasteiger partial charge in [0.15, 0.2) is 0 Å². The molecule has 0 aromatic carbocycles. The molecule has 1 aromatic heterocycles. The summed E-state index contributed by atoms with van der Waals surface area (Å²) in [6, 6.07) is 0. The summed E-state index contributed by atoms with van der Waals surface area (Å²) in [6.07, 6.45) is -4.53. The highest BCUT2D eigenvalue weighted by molar-refractivity contribution is 5.17. The molecule has 0 aliphatic carbocycles. The molecule has 0 unspecified atom stereocenters. The lowest BCUT2D eigenvalue weighted by atomic mass is 10.7. The molecule has 1 heterocycles. The monoisotopic (exact) mass is 166 g/mol. The number of hydrogen-bond donors (Lipinski definition) is 1. The minimum Gasteiger partial charge on any atom is -0.368 e. The molecule has 62 valence electrons. The number of hydrogen-bond acceptors (Lipinski definition) is 3. The largest absolute Gasteiger partial charge is 0.492 e. The summed E-state index contributed by atoms with van der Waals surface area (Å²) in [6.45, 7) is 1.18. The van der Waals surface area contributed by atoms with Gasteiger partial charge in [-0.1, -0.05) is 0 Å². The first kappa shape index (κ1) is 7.83. The highest BCUT2D eigenvalue weighted by atomic mass is 19.4. The van der Waals surface area contributed by atoms with Gasteiger partial charge in [-0.05, 0) is 6.92 Å². The lowest BCUT2D eigenvalue weighted by Crippen LogP contribution is -2.20. The number of nitrogens with two attached hydrogens (primary N) is 1. The van der Waals surface area contributed by atoms with Crippen LogP contribution in [-0.2, 0) is 6.30 Å². The van der Waals surface area contributed by atoms with Crippen LogP contribution < -0.4 is 5.73 Å². The van der Waals surface area contributed by atoms with Crippen molar-refractivity contribution in [2.45, 2.75) is 13.2 Å². The Labute approximate surface area is 59.8 Å². The lowest BCUT2D eigenvalue weighted by Gasteiger charge is -2.08. The van der Waals surface area contributed by atoms with Gasteiger partial charge in [-0.3, -0.25) is 0 Å². The summed E-state index contributed by atoms with van der Waals surface area (Å²) in [5.41, 5.74) is 4.90. The number of nitrogens with zero attached hydrogens (tertiary/aromatic N) is 3. The van der Waals surface area contributed by atoms with Crippen LogP contribution in [0, 0.1) is 6.92 Å². The third-order valence-corrected chi connectivity index (χ3v) is 1.10. The van der Waals surface area contributed by atoms with Crippen molar-refractivity contribution < 1.29 is 13.2 Å². The normalized spacial score (nSPS) is 12.0. The second-order valence-corrected chi connectivity index (χ2v) is 1.91. The smallest absolute Gasteiger partial charge is 0.368 e. The zero-order valence-electron chi connectivity index (χ0n) is 5.55. The van der Waals surface area contributed by atoms with E-state index in [1.54, 1.807) is 0 Å². The van der Waals surface area contributed by atoms with Gasteiger partial charge in [-0.2, -0.15) is 0 Å². The van der Waals surface area contributed by atoms with E-state index in [9.17, 15) is 13.2 Å². The number of nitrogen functional groups attached to an aromatic ring is 1. The molecule has 0 bridgehead atoms. The van der Waals surface area contributed by atoms with Gasteiger partial charge in [-0.25, -0.2) is 4.57 Å². The van der Waals surface area contributed by atoms with Crippen LogP contribution >= 0.6 is 0 Å². The van der Waals surface area contributed by atoms with E-state index < -0.39 is 12.2 Å². The van der Waals surface area contributed by atoms with Gasteiger partial charge in [0, 0.05) is 0 Å². The molecule has 0 saturated heterocycles. The first-order chi connectivity index (χ1) is 4.93. The first-order valence-electron chi connectivity index (χ1n) is 2.67. The minimum absolute atomic E-state index is 0.0903. The van der Waals surface area contributed by atoms with Crippen LogP contribution in [0.2, 0.25) is 0 Å². The SMILES string of the molecule is Cc1nnc(N)n1C(F)(F)F. The zero-order valence-corrected chi connectivity index (χ0v) is 5.55. The summed E-state index contributed by atoms with van der Waals surface area (Å²) in [5, 5.41) is 6.20. The highest BCUT2D eigenvalue weighted by Gasteiger charge is 2.34. The topological polar surface area (TPSA) is 56.7 Å². The molecule has 11 heavy (non-hydrogen) atoms. The van der Waals surface area contributed by atoms with Crippen LogP contribution in [0.1, 0.15) is 5.82 Å². The van der Waals surface area contributed by atoms with E-state index in [4.69, 9.17) is 5.73 Å². The van der Waals surface area contributed by atoms with E-state index in [0.717, 1.165) is 0 Å². The van der Waals surface area contributed by atoms with Crippen molar-refractivity contribution in [1.82, 2.24) is 14.8 Å². The molecule has 0 saturated carbocycles. The van der Waals surface area contributed by atoms with Crippen molar-refractivity contribution in [3.8, 4) is 0 Å². The van der Waals surface area contributed by atoms with Gasteiger partial charge >= 0.3 is 6.30 Å². The second kappa shape index (κ2) is 2.11. The lowest BCUT2D eigenvalue weighted by molar-refractivity contribution is -0.203. The van der Waals surface area contributed by atoms with Gasteiger partial charge in [0.2, 0.25) is 5.95 Å². The summed E-state index contributed by atoms with van der Waals surface area (Å²) < 4.78 is 35.7. The van der Waals surface area contributed by atoms with Gasteiger partial charge in [0.1, 0.15) is 5.82 Å². The maximum Gasteiger partial charge on any atom is 0.492 e. The van der Waals surface area contributed by atoms with Crippen molar-refractivity contribution in [2.24, 2.45) is 0 Å². The molecule has 0 spiro atoms. The quantitative estimate of drug-likeness (QED) is 0.615. The molecule has 0 aliphatic heterocycles. The molecule has 2 N–H and O–H groups in total. The van der Waals surface area contributed by atoms with E-state index in [0.29, 0.717) is 0 Å². The fraction of sp³-hybridized carbons (Fsp3) is 0.500. The molecule has 0 atom stereocenters. The van der Waals surface area contributed by atoms with Crippen LogP contribution in [0.4, 0.5) is 19.1 Å². The Morgan fingerprint density at radius 3 is 2.09 bits per heavy atom. The predicted octanol–water partition coefficient (Wildman–Crippen LogP) is 0.645. The maximum atomic E-state index is 11.9. The third-order valence-electron chi connectivity index (χ3n) is 1.10. The molecule has 1 rings (SSSR count). The van der Waals surface area contributed by atoms with Crippen molar-refractivity contribution in [3.05, 3.63) is 5.82 Å². The van der Waals surface area contributed by atoms with Crippen molar-refractivity contribution >= 4 is 5.95 Å². The van der Waals surface area contributed by atoms with Gasteiger partial charge in [0.05, 0.1) is 0 Å². The Kier molecular flexibility index (Phi) is 1.50. The van der Waals surface area contributed by atoms with Crippen LogP contribution in [-0.4, -0.2) is 14.8 Å². The minimum atomic E-state index is -4.53. The van der Waals surface area contributed by atoms with Crippen LogP contribution in [0.25, 0.3) is 0 Å². The molecule has 0 amide bonds. The van der Waals surface area contributed by atoms with Crippen LogP contribution in [0.5, 0.6) is 0 Å². The Bertz CT molecular complexity index is 243. The van der Waals surface area contributed by atoms with E-state index >= 15 is 0 Å². The number of anilines is 1. The molecule has 0 radical (unpaired) electrons. The average molecular weight is 166 g/mol. The Morgan fingerprint density at radius 2 is 1.91 bits per heavy atom. The van der Waals surface area contributed by atoms with Crippen LogP contribution in [0.3, 0.4) is 0 Å². The fourth-order valence-corrected chi connectivity index (χ4v) is 0.692. The molecule has 4 nitrogen and oxygen atoms in total. The van der Waals surface area contributed by atoms with Crippen LogP contribution in [0.15, 0.2) is 0 Å². The number of alkyl halides is 3. The van der Waals surface area contributed by atoms with Gasteiger partial charge in [-0.15, -0.1) is 23.4 Å². The molecule has 0 fully saturated rings.